The molecule has 0 amide bonds. The second-order valence-electron chi connectivity index (χ2n) is 4.43. The van der Waals surface area contributed by atoms with Crippen molar-refractivity contribution in [2.24, 2.45) is 5.92 Å². The second-order valence-corrected chi connectivity index (χ2v) is 4.43. The Kier molecular flexibility index (Phi) is 9.52. The highest BCUT2D eigenvalue weighted by Crippen LogP contribution is 2.25. The van der Waals surface area contributed by atoms with Gasteiger partial charge in [0.1, 0.15) is 6.61 Å². The lowest BCUT2D eigenvalue weighted by Gasteiger charge is -2.11. The fourth-order valence-electron chi connectivity index (χ4n) is 1.49. The lowest BCUT2D eigenvalue weighted by molar-refractivity contribution is 0.291. The van der Waals surface area contributed by atoms with Crippen molar-refractivity contribution in [2.45, 2.75) is 20.3 Å². The van der Waals surface area contributed by atoms with E-state index in [0.717, 1.165) is 30.5 Å². The summed E-state index contributed by atoms with van der Waals surface area (Å²) in [6.45, 7) is 7.04. The summed E-state index contributed by atoms with van der Waals surface area (Å²) in [6, 6.07) is 7.71. The number of methoxy groups -OCH3 is 1. The average Bonchev–Trinajstić information content (AvgIpc) is 2.33. The van der Waals surface area contributed by atoms with Crippen LogP contribution in [0.5, 0.6) is 11.5 Å². The zero-order valence-corrected chi connectivity index (χ0v) is 12.3. The third-order valence-corrected chi connectivity index (χ3v) is 2.50. The van der Waals surface area contributed by atoms with Crippen molar-refractivity contribution in [3.63, 3.8) is 0 Å². The number of halogens is 1. The molecular formula is C14H24ClNO2. The van der Waals surface area contributed by atoms with Crippen LogP contribution in [-0.2, 0) is 0 Å². The molecule has 0 heterocycles. The number of rotatable bonds is 8. The molecule has 1 N–H and O–H groups in total. The topological polar surface area (TPSA) is 30.5 Å². The standard InChI is InChI=1S/C14H23NO2.ClH/c1-12(2)8-9-15-10-11-17-14-7-5-4-6-13(14)16-3;/h4-7,12,15H,8-11H2,1-3H3;1H. The van der Waals surface area contributed by atoms with Crippen LogP contribution in [0.25, 0.3) is 0 Å². The molecule has 18 heavy (non-hydrogen) atoms. The number of hydrogen-bond acceptors (Lipinski definition) is 3. The van der Waals surface area contributed by atoms with Crippen LogP contribution in [0, 0.1) is 5.92 Å². The van der Waals surface area contributed by atoms with E-state index in [2.05, 4.69) is 19.2 Å². The van der Waals surface area contributed by atoms with E-state index >= 15 is 0 Å². The molecular weight excluding hydrogens is 250 g/mol. The van der Waals surface area contributed by atoms with Crippen LogP contribution in [0.4, 0.5) is 0 Å². The van der Waals surface area contributed by atoms with Gasteiger partial charge in [0.2, 0.25) is 0 Å². The summed E-state index contributed by atoms with van der Waals surface area (Å²) >= 11 is 0. The molecule has 0 aliphatic heterocycles. The van der Waals surface area contributed by atoms with Crippen molar-refractivity contribution in [3.8, 4) is 11.5 Å². The Morgan fingerprint density at radius 3 is 2.39 bits per heavy atom. The molecule has 0 atom stereocenters. The Bertz CT molecular complexity index is 318. The molecule has 3 nitrogen and oxygen atoms in total. The maximum absolute atomic E-state index is 5.65. The Morgan fingerprint density at radius 1 is 1.11 bits per heavy atom. The van der Waals surface area contributed by atoms with Gasteiger partial charge in [-0.05, 0) is 31.0 Å². The fraction of sp³-hybridized carbons (Fsp3) is 0.571. The highest BCUT2D eigenvalue weighted by Gasteiger charge is 2.01. The van der Waals surface area contributed by atoms with Crippen LogP contribution >= 0.6 is 12.4 Å². The highest BCUT2D eigenvalue weighted by molar-refractivity contribution is 5.85. The molecule has 0 spiro atoms. The Morgan fingerprint density at radius 2 is 1.78 bits per heavy atom. The minimum absolute atomic E-state index is 0. The van der Waals surface area contributed by atoms with Crippen LogP contribution in [0.3, 0.4) is 0 Å². The Labute approximate surface area is 116 Å². The van der Waals surface area contributed by atoms with Gasteiger partial charge in [-0.3, -0.25) is 0 Å². The first-order valence-corrected chi connectivity index (χ1v) is 6.20. The maximum atomic E-state index is 5.65. The largest absolute Gasteiger partial charge is 0.493 e. The van der Waals surface area contributed by atoms with Gasteiger partial charge in [-0.2, -0.15) is 0 Å². The van der Waals surface area contributed by atoms with Gasteiger partial charge in [0.05, 0.1) is 7.11 Å². The molecule has 1 aromatic rings. The summed E-state index contributed by atoms with van der Waals surface area (Å²) < 4.78 is 10.9. The van der Waals surface area contributed by atoms with E-state index in [9.17, 15) is 0 Å². The zero-order valence-electron chi connectivity index (χ0n) is 11.4. The first-order valence-electron chi connectivity index (χ1n) is 6.20. The molecule has 0 saturated heterocycles. The number of nitrogens with one attached hydrogen (secondary N) is 1. The van der Waals surface area contributed by atoms with Gasteiger partial charge in [-0.25, -0.2) is 0 Å². The minimum atomic E-state index is 0. The van der Waals surface area contributed by atoms with E-state index in [1.165, 1.54) is 6.42 Å². The van der Waals surface area contributed by atoms with Gasteiger partial charge in [-0.1, -0.05) is 26.0 Å². The second kappa shape index (κ2) is 10.0. The predicted molar refractivity (Wildman–Crippen MR) is 78.1 cm³/mol. The van der Waals surface area contributed by atoms with Crippen molar-refractivity contribution in [3.05, 3.63) is 24.3 Å². The molecule has 0 aromatic heterocycles. The van der Waals surface area contributed by atoms with Crippen molar-refractivity contribution < 1.29 is 9.47 Å². The molecule has 0 unspecified atom stereocenters. The summed E-state index contributed by atoms with van der Waals surface area (Å²) in [7, 11) is 1.66. The SMILES string of the molecule is COc1ccccc1OCCNCCC(C)C.Cl. The molecule has 104 valence electrons. The normalized spacial score (nSPS) is 10.0. The number of hydrogen-bond donors (Lipinski definition) is 1. The van der Waals surface area contributed by atoms with E-state index < -0.39 is 0 Å². The van der Waals surface area contributed by atoms with E-state index in [1.54, 1.807) is 7.11 Å². The van der Waals surface area contributed by atoms with Crippen LogP contribution in [0.1, 0.15) is 20.3 Å². The number of ether oxygens (including phenoxy) is 2. The molecule has 0 bridgehead atoms. The molecule has 0 saturated carbocycles. The van der Waals surface area contributed by atoms with Gasteiger partial charge in [0.15, 0.2) is 11.5 Å². The van der Waals surface area contributed by atoms with Crippen molar-refractivity contribution >= 4 is 12.4 Å². The van der Waals surface area contributed by atoms with Gasteiger partial charge in [0, 0.05) is 6.54 Å². The fourth-order valence-corrected chi connectivity index (χ4v) is 1.49. The average molecular weight is 274 g/mol. The zero-order chi connectivity index (χ0) is 12.5. The summed E-state index contributed by atoms with van der Waals surface area (Å²) in [5, 5.41) is 3.36. The Balaban J connectivity index is 0.00000289. The van der Waals surface area contributed by atoms with Crippen LogP contribution < -0.4 is 14.8 Å². The summed E-state index contributed by atoms with van der Waals surface area (Å²) in [6.07, 6.45) is 1.20. The van der Waals surface area contributed by atoms with Gasteiger partial charge in [0.25, 0.3) is 0 Å². The van der Waals surface area contributed by atoms with Crippen LogP contribution in [-0.4, -0.2) is 26.8 Å². The smallest absolute Gasteiger partial charge is 0.161 e. The van der Waals surface area contributed by atoms with Crippen LogP contribution in [0.2, 0.25) is 0 Å². The minimum Gasteiger partial charge on any atom is -0.493 e. The van der Waals surface area contributed by atoms with E-state index in [-0.39, 0.29) is 12.4 Å². The third-order valence-electron chi connectivity index (χ3n) is 2.50. The summed E-state index contributed by atoms with van der Waals surface area (Å²) in [4.78, 5) is 0. The van der Waals surface area contributed by atoms with E-state index in [1.807, 2.05) is 24.3 Å². The molecule has 0 radical (unpaired) electrons. The van der Waals surface area contributed by atoms with Crippen molar-refractivity contribution in [2.75, 3.05) is 26.8 Å². The lowest BCUT2D eigenvalue weighted by Crippen LogP contribution is -2.23. The quantitative estimate of drug-likeness (QED) is 0.738. The van der Waals surface area contributed by atoms with Gasteiger partial charge < -0.3 is 14.8 Å². The first kappa shape index (κ1) is 17.1. The third kappa shape index (κ3) is 6.72. The highest BCUT2D eigenvalue weighted by atomic mass is 35.5. The molecule has 4 heteroatoms. The van der Waals surface area contributed by atoms with Gasteiger partial charge >= 0.3 is 0 Å². The summed E-state index contributed by atoms with van der Waals surface area (Å²) in [5.41, 5.74) is 0. The monoisotopic (exact) mass is 273 g/mol. The van der Waals surface area contributed by atoms with Gasteiger partial charge in [-0.15, -0.1) is 12.4 Å². The molecule has 0 fully saturated rings. The first-order chi connectivity index (χ1) is 8.24. The predicted octanol–water partition coefficient (Wildman–Crippen LogP) is 3.13. The molecule has 1 aromatic carbocycles. The Hall–Kier alpha value is -0.930. The van der Waals surface area contributed by atoms with E-state index in [4.69, 9.17) is 9.47 Å². The molecule has 1 rings (SSSR count). The van der Waals surface area contributed by atoms with E-state index in [0.29, 0.717) is 6.61 Å². The number of para-hydroxylation sites is 2. The van der Waals surface area contributed by atoms with Crippen LogP contribution in [0.15, 0.2) is 24.3 Å². The maximum Gasteiger partial charge on any atom is 0.161 e. The van der Waals surface area contributed by atoms with Crippen molar-refractivity contribution in [1.29, 1.82) is 0 Å². The molecule has 0 aliphatic carbocycles. The lowest BCUT2D eigenvalue weighted by atomic mass is 10.1. The molecule has 0 aliphatic rings. The number of benzene rings is 1. The summed E-state index contributed by atoms with van der Waals surface area (Å²) in [5.74, 6) is 2.34. The van der Waals surface area contributed by atoms with Crippen molar-refractivity contribution in [1.82, 2.24) is 5.32 Å².